The Labute approximate surface area is 136 Å². The first-order valence-electron chi connectivity index (χ1n) is 5.76. The minimum absolute atomic E-state index is 0.0319. The van der Waals surface area contributed by atoms with E-state index < -0.39 is 17.8 Å². The van der Waals surface area contributed by atoms with Crippen molar-refractivity contribution in [3.8, 4) is 0 Å². The highest BCUT2D eigenvalue weighted by molar-refractivity contribution is 9.11. The highest BCUT2D eigenvalue weighted by Gasteiger charge is 2.35. The summed E-state index contributed by atoms with van der Waals surface area (Å²) in [5, 5.41) is 0. The number of nitrogens with two attached hydrogens (primary N) is 1. The number of halogens is 5. The maximum Gasteiger partial charge on any atom is 0.416 e. The van der Waals surface area contributed by atoms with E-state index >= 15 is 0 Å². The van der Waals surface area contributed by atoms with Crippen LogP contribution in [0.15, 0.2) is 45.6 Å². The number of aromatic nitrogens is 1. The third-order valence-electron chi connectivity index (χ3n) is 2.91. The summed E-state index contributed by atoms with van der Waals surface area (Å²) in [5.41, 5.74) is 2.20. The summed E-state index contributed by atoms with van der Waals surface area (Å²) < 4.78 is 40.8. The Hall–Kier alpha value is -0.960. The molecule has 0 saturated carbocycles. The number of hydrogen-bond donors (Lipinski definition) is 2. The number of hydrazine groups is 1. The van der Waals surface area contributed by atoms with Crippen LogP contribution in [-0.4, -0.2) is 4.98 Å². The van der Waals surface area contributed by atoms with Crippen LogP contribution in [0.5, 0.6) is 0 Å². The molecule has 0 amide bonds. The second-order valence-corrected chi connectivity index (χ2v) is 6.00. The third kappa shape index (κ3) is 3.63. The molecule has 8 heteroatoms. The first-order chi connectivity index (χ1) is 9.84. The monoisotopic (exact) mass is 423 g/mol. The van der Waals surface area contributed by atoms with Crippen LogP contribution in [0.2, 0.25) is 0 Å². The molecule has 1 heterocycles. The number of alkyl halides is 3. The van der Waals surface area contributed by atoms with Gasteiger partial charge >= 0.3 is 6.18 Å². The van der Waals surface area contributed by atoms with Crippen molar-refractivity contribution in [1.82, 2.24) is 10.4 Å². The molecule has 21 heavy (non-hydrogen) atoms. The zero-order valence-electron chi connectivity index (χ0n) is 10.5. The summed E-state index contributed by atoms with van der Waals surface area (Å²) in [4.78, 5) is 3.78. The quantitative estimate of drug-likeness (QED) is 0.574. The Morgan fingerprint density at radius 3 is 2.43 bits per heavy atom. The number of nitrogens with one attached hydrogen (secondary N) is 1. The van der Waals surface area contributed by atoms with Crippen molar-refractivity contribution in [2.24, 2.45) is 5.84 Å². The Morgan fingerprint density at radius 1 is 1.14 bits per heavy atom. The average Bonchev–Trinajstić information content (AvgIpc) is 2.41. The van der Waals surface area contributed by atoms with Gasteiger partial charge in [0.1, 0.15) is 0 Å². The van der Waals surface area contributed by atoms with E-state index in [1.165, 1.54) is 6.20 Å². The molecule has 2 rings (SSSR count). The van der Waals surface area contributed by atoms with Gasteiger partial charge in [0.15, 0.2) is 0 Å². The van der Waals surface area contributed by atoms with Gasteiger partial charge in [-0.1, -0.05) is 37.9 Å². The first kappa shape index (κ1) is 16.4. The second-order valence-electron chi connectivity index (χ2n) is 4.23. The summed E-state index contributed by atoms with van der Waals surface area (Å²) >= 11 is 6.63. The molecule has 1 unspecified atom stereocenters. The number of benzene rings is 1. The molecular formula is C13H10Br2F3N3. The van der Waals surface area contributed by atoms with E-state index in [0.717, 1.165) is 16.7 Å². The van der Waals surface area contributed by atoms with Gasteiger partial charge in [-0.05, 0) is 23.8 Å². The number of nitrogens with zero attached hydrogens (tertiary/aromatic N) is 1. The lowest BCUT2D eigenvalue weighted by molar-refractivity contribution is -0.138. The van der Waals surface area contributed by atoms with E-state index in [9.17, 15) is 13.2 Å². The predicted molar refractivity (Wildman–Crippen MR) is 80.2 cm³/mol. The Bertz CT molecular complexity index is 647. The van der Waals surface area contributed by atoms with Crippen molar-refractivity contribution in [2.45, 2.75) is 12.2 Å². The Kier molecular flexibility index (Phi) is 5.03. The van der Waals surface area contributed by atoms with Gasteiger partial charge in [-0.25, -0.2) is 5.43 Å². The standard InChI is InChI=1S/C13H10Br2F3N3/c14-7-1-2-8(11(15)5-7)12(21-19)9-6-20-4-3-10(9)13(16,17)18/h1-6,12,21H,19H2. The van der Waals surface area contributed by atoms with E-state index in [2.05, 4.69) is 42.3 Å². The topological polar surface area (TPSA) is 50.9 Å². The molecule has 0 bridgehead atoms. The Balaban J connectivity index is 2.57. The molecule has 3 N–H and O–H groups in total. The smallest absolute Gasteiger partial charge is 0.271 e. The van der Waals surface area contributed by atoms with Gasteiger partial charge in [0, 0.05) is 26.9 Å². The molecule has 0 aliphatic rings. The molecule has 0 aliphatic heterocycles. The molecule has 0 fully saturated rings. The van der Waals surface area contributed by atoms with Crippen LogP contribution in [0.1, 0.15) is 22.7 Å². The fourth-order valence-corrected chi connectivity index (χ4v) is 3.25. The zero-order valence-corrected chi connectivity index (χ0v) is 13.6. The molecule has 1 atom stereocenters. The first-order valence-corrected chi connectivity index (χ1v) is 7.35. The summed E-state index contributed by atoms with van der Waals surface area (Å²) in [6.07, 6.45) is -2.20. The number of hydrogen-bond acceptors (Lipinski definition) is 3. The van der Waals surface area contributed by atoms with Crippen molar-refractivity contribution in [2.75, 3.05) is 0 Å². The Morgan fingerprint density at radius 2 is 1.86 bits per heavy atom. The van der Waals surface area contributed by atoms with Crippen molar-refractivity contribution in [1.29, 1.82) is 0 Å². The minimum Gasteiger partial charge on any atom is -0.271 e. The van der Waals surface area contributed by atoms with Crippen LogP contribution >= 0.6 is 31.9 Å². The van der Waals surface area contributed by atoms with Crippen molar-refractivity contribution in [3.05, 3.63) is 62.3 Å². The number of rotatable bonds is 3. The fourth-order valence-electron chi connectivity index (χ4n) is 1.98. The van der Waals surface area contributed by atoms with Crippen LogP contribution in [0.3, 0.4) is 0 Å². The molecular weight excluding hydrogens is 415 g/mol. The molecule has 0 aliphatic carbocycles. The van der Waals surface area contributed by atoms with Crippen LogP contribution < -0.4 is 11.3 Å². The van der Waals surface area contributed by atoms with Gasteiger partial charge in [0.05, 0.1) is 11.6 Å². The van der Waals surface area contributed by atoms with Gasteiger partial charge in [-0.2, -0.15) is 13.2 Å². The van der Waals surface area contributed by atoms with E-state index in [-0.39, 0.29) is 5.56 Å². The fraction of sp³-hybridized carbons (Fsp3) is 0.154. The van der Waals surface area contributed by atoms with Gasteiger partial charge in [-0.15, -0.1) is 0 Å². The van der Waals surface area contributed by atoms with Gasteiger partial charge in [0.25, 0.3) is 0 Å². The molecule has 0 spiro atoms. The van der Waals surface area contributed by atoms with Crippen molar-refractivity contribution < 1.29 is 13.2 Å². The summed E-state index contributed by atoms with van der Waals surface area (Å²) in [7, 11) is 0. The lowest BCUT2D eigenvalue weighted by Gasteiger charge is -2.22. The lowest BCUT2D eigenvalue weighted by Crippen LogP contribution is -2.31. The number of pyridine rings is 1. The van der Waals surface area contributed by atoms with Gasteiger partial charge in [0.2, 0.25) is 0 Å². The van der Waals surface area contributed by atoms with E-state index in [4.69, 9.17) is 5.84 Å². The molecule has 0 saturated heterocycles. The van der Waals surface area contributed by atoms with Gasteiger partial charge < -0.3 is 0 Å². The largest absolute Gasteiger partial charge is 0.416 e. The second kappa shape index (κ2) is 6.43. The molecule has 0 radical (unpaired) electrons. The summed E-state index contributed by atoms with van der Waals surface area (Å²) in [5.74, 6) is 5.48. The van der Waals surface area contributed by atoms with Crippen molar-refractivity contribution in [3.63, 3.8) is 0 Å². The highest BCUT2D eigenvalue weighted by Crippen LogP contribution is 2.37. The molecule has 112 valence electrons. The minimum atomic E-state index is -4.48. The zero-order chi connectivity index (χ0) is 15.6. The predicted octanol–water partition coefficient (Wildman–Crippen LogP) is 4.18. The van der Waals surface area contributed by atoms with E-state index in [1.807, 2.05) is 0 Å². The van der Waals surface area contributed by atoms with E-state index in [1.54, 1.807) is 18.2 Å². The molecule has 2 aromatic rings. The lowest BCUT2D eigenvalue weighted by atomic mass is 9.96. The normalized spacial score (nSPS) is 13.2. The van der Waals surface area contributed by atoms with Crippen LogP contribution in [0.4, 0.5) is 13.2 Å². The van der Waals surface area contributed by atoms with Crippen LogP contribution in [0.25, 0.3) is 0 Å². The highest BCUT2D eigenvalue weighted by atomic mass is 79.9. The molecule has 1 aromatic heterocycles. The molecule has 3 nitrogen and oxygen atoms in total. The SMILES string of the molecule is NNC(c1ccc(Br)cc1Br)c1cnccc1C(F)(F)F. The van der Waals surface area contributed by atoms with Gasteiger partial charge in [-0.3, -0.25) is 10.8 Å². The maximum atomic E-state index is 13.1. The van der Waals surface area contributed by atoms with Crippen LogP contribution in [0, 0.1) is 0 Å². The van der Waals surface area contributed by atoms with Crippen LogP contribution in [-0.2, 0) is 6.18 Å². The molecule has 1 aromatic carbocycles. The summed E-state index contributed by atoms with van der Waals surface area (Å²) in [6, 6.07) is 5.26. The summed E-state index contributed by atoms with van der Waals surface area (Å²) in [6.45, 7) is 0. The van der Waals surface area contributed by atoms with E-state index in [0.29, 0.717) is 10.0 Å². The average molecular weight is 425 g/mol. The third-order valence-corrected chi connectivity index (χ3v) is 4.09. The van der Waals surface area contributed by atoms with Crippen molar-refractivity contribution >= 4 is 31.9 Å². The maximum absolute atomic E-state index is 13.1.